The molecule has 0 bridgehead atoms. The molecule has 0 unspecified atom stereocenters. The number of benzene rings is 1. The molecule has 2 heterocycles. The molecule has 1 aromatic carbocycles. The van der Waals surface area contributed by atoms with Crippen molar-refractivity contribution in [2.45, 2.75) is 29.7 Å². The Balaban J connectivity index is 2.24. The van der Waals surface area contributed by atoms with Crippen LogP contribution in [0.1, 0.15) is 19.9 Å². The first-order chi connectivity index (χ1) is 13.2. The number of hydrogen-bond donors (Lipinski definition) is 1. The molecular formula is C17H15FN4O5S. The lowest BCUT2D eigenvalue weighted by molar-refractivity contribution is 0.373. The minimum absolute atomic E-state index is 0.0790. The lowest BCUT2D eigenvalue weighted by Crippen LogP contribution is -2.23. The van der Waals surface area contributed by atoms with Gasteiger partial charge in [-0.2, -0.15) is 4.39 Å². The van der Waals surface area contributed by atoms with Gasteiger partial charge in [0.15, 0.2) is 12.0 Å². The summed E-state index contributed by atoms with van der Waals surface area (Å²) in [5, 5.41) is 20.8. The van der Waals surface area contributed by atoms with E-state index in [2.05, 4.69) is 19.9 Å². The molecule has 0 amide bonds. The Morgan fingerprint density at radius 1 is 1.21 bits per heavy atom. The summed E-state index contributed by atoms with van der Waals surface area (Å²) in [7, 11) is -4.16. The zero-order valence-electron chi connectivity index (χ0n) is 14.8. The SMILES string of the molecule is CC(C)n1c(O)c(S(=O)(=O)c2ccccc2)cc(N=Nc2nocc2F)c1=O. The minimum atomic E-state index is -4.16. The second-order valence-electron chi connectivity index (χ2n) is 5.99. The molecule has 0 aliphatic carbocycles. The summed E-state index contributed by atoms with van der Waals surface area (Å²) >= 11 is 0. The maximum atomic E-state index is 13.4. The van der Waals surface area contributed by atoms with Gasteiger partial charge in [0.1, 0.15) is 4.90 Å². The van der Waals surface area contributed by atoms with Crippen LogP contribution in [0.4, 0.5) is 15.9 Å². The third-order valence-corrected chi connectivity index (χ3v) is 5.55. The van der Waals surface area contributed by atoms with Crippen molar-refractivity contribution in [1.82, 2.24) is 9.72 Å². The van der Waals surface area contributed by atoms with E-state index in [1.807, 2.05) is 0 Å². The number of nitrogens with zero attached hydrogens (tertiary/aromatic N) is 4. The third kappa shape index (κ3) is 3.43. The molecule has 0 spiro atoms. The molecule has 11 heteroatoms. The fourth-order valence-corrected chi connectivity index (χ4v) is 3.82. The Morgan fingerprint density at radius 3 is 2.46 bits per heavy atom. The normalized spacial score (nSPS) is 12.1. The van der Waals surface area contributed by atoms with Crippen LogP contribution in [0.2, 0.25) is 0 Å². The van der Waals surface area contributed by atoms with Crippen LogP contribution in [0.25, 0.3) is 0 Å². The van der Waals surface area contributed by atoms with Crippen LogP contribution >= 0.6 is 0 Å². The largest absolute Gasteiger partial charge is 0.493 e. The second kappa shape index (κ2) is 7.35. The molecule has 0 aliphatic heterocycles. The zero-order valence-corrected chi connectivity index (χ0v) is 15.6. The van der Waals surface area contributed by atoms with E-state index in [0.717, 1.165) is 10.6 Å². The first kappa shape index (κ1) is 19.4. The Morgan fingerprint density at radius 2 is 1.89 bits per heavy atom. The standard InChI is InChI=1S/C17H15FN4O5S/c1-10(2)22-16(23)13(19-20-15-12(18)9-27-21-15)8-14(17(22)24)28(25,26)11-6-4-3-5-7-11/h3-10,24H,1-2H3. The lowest BCUT2D eigenvalue weighted by atomic mass is 10.3. The summed E-state index contributed by atoms with van der Waals surface area (Å²) in [5.74, 6) is -2.13. The summed E-state index contributed by atoms with van der Waals surface area (Å²) < 4.78 is 44.5. The van der Waals surface area contributed by atoms with E-state index >= 15 is 0 Å². The topological polar surface area (TPSA) is 127 Å². The van der Waals surface area contributed by atoms with Crippen LogP contribution in [0, 0.1) is 5.82 Å². The molecule has 146 valence electrons. The fraction of sp³-hybridized carbons (Fsp3) is 0.176. The van der Waals surface area contributed by atoms with Crippen molar-refractivity contribution >= 4 is 21.3 Å². The van der Waals surface area contributed by atoms with Gasteiger partial charge in [-0.1, -0.05) is 23.4 Å². The first-order valence-corrected chi connectivity index (χ1v) is 9.52. The smallest absolute Gasteiger partial charge is 0.281 e. The van der Waals surface area contributed by atoms with E-state index in [0.29, 0.717) is 6.26 Å². The number of halogens is 1. The van der Waals surface area contributed by atoms with Crippen molar-refractivity contribution < 1.29 is 22.4 Å². The van der Waals surface area contributed by atoms with Gasteiger partial charge in [0.2, 0.25) is 21.5 Å². The first-order valence-electron chi connectivity index (χ1n) is 8.03. The van der Waals surface area contributed by atoms with Gasteiger partial charge in [0.25, 0.3) is 11.4 Å². The van der Waals surface area contributed by atoms with Gasteiger partial charge in [-0.05, 0) is 32.0 Å². The van der Waals surface area contributed by atoms with E-state index in [1.165, 1.54) is 24.3 Å². The highest BCUT2D eigenvalue weighted by Gasteiger charge is 2.27. The molecule has 28 heavy (non-hydrogen) atoms. The van der Waals surface area contributed by atoms with Crippen LogP contribution < -0.4 is 5.56 Å². The van der Waals surface area contributed by atoms with Crippen LogP contribution in [0.3, 0.4) is 0 Å². The van der Waals surface area contributed by atoms with Gasteiger partial charge in [-0.15, -0.1) is 10.2 Å². The highest BCUT2D eigenvalue weighted by molar-refractivity contribution is 7.91. The van der Waals surface area contributed by atoms with E-state index in [4.69, 9.17) is 0 Å². The van der Waals surface area contributed by atoms with Crippen molar-refractivity contribution in [3.05, 3.63) is 58.8 Å². The number of rotatable bonds is 5. The van der Waals surface area contributed by atoms with E-state index in [9.17, 15) is 22.7 Å². The quantitative estimate of drug-likeness (QED) is 0.646. The number of hydrogen-bond acceptors (Lipinski definition) is 8. The number of azo groups is 1. The van der Waals surface area contributed by atoms with Gasteiger partial charge < -0.3 is 9.63 Å². The minimum Gasteiger partial charge on any atom is -0.493 e. The Hall–Kier alpha value is -3.34. The molecular weight excluding hydrogens is 391 g/mol. The molecule has 0 saturated heterocycles. The number of aromatic nitrogens is 2. The maximum absolute atomic E-state index is 13.4. The summed E-state index contributed by atoms with van der Waals surface area (Å²) in [6.07, 6.45) is 0.697. The lowest BCUT2D eigenvalue weighted by Gasteiger charge is -2.16. The van der Waals surface area contributed by atoms with Crippen LogP contribution in [-0.2, 0) is 9.84 Å². The van der Waals surface area contributed by atoms with Crippen LogP contribution in [-0.4, -0.2) is 23.2 Å². The molecule has 0 fully saturated rings. The van der Waals surface area contributed by atoms with Crippen molar-refractivity contribution in [2.75, 3.05) is 0 Å². The molecule has 3 aromatic rings. The highest BCUT2D eigenvalue weighted by Crippen LogP contribution is 2.32. The Kier molecular flexibility index (Phi) is 5.10. The van der Waals surface area contributed by atoms with Crippen molar-refractivity contribution in [1.29, 1.82) is 0 Å². The van der Waals surface area contributed by atoms with E-state index < -0.39 is 49.5 Å². The summed E-state index contributed by atoms with van der Waals surface area (Å²) in [4.78, 5) is 12.0. The maximum Gasteiger partial charge on any atom is 0.281 e. The number of pyridine rings is 1. The van der Waals surface area contributed by atoms with E-state index in [1.54, 1.807) is 19.9 Å². The van der Waals surface area contributed by atoms with Crippen molar-refractivity contribution in [2.24, 2.45) is 10.2 Å². The van der Waals surface area contributed by atoms with Crippen LogP contribution in [0.15, 0.2) is 72.0 Å². The monoisotopic (exact) mass is 406 g/mol. The fourth-order valence-electron chi connectivity index (χ4n) is 2.45. The van der Waals surface area contributed by atoms with Crippen molar-refractivity contribution in [3.63, 3.8) is 0 Å². The molecule has 2 aromatic heterocycles. The Bertz CT molecular complexity index is 1200. The second-order valence-corrected chi connectivity index (χ2v) is 7.91. The van der Waals surface area contributed by atoms with Gasteiger partial charge in [0, 0.05) is 6.04 Å². The molecule has 0 radical (unpaired) electrons. The third-order valence-electron chi connectivity index (χ3n) is 3.78. The number of aromatic hydroxyl groups is 1. The van der Waals surface area contributed by atoms with Gasteiger partial charge in [0.05, 0.1) is 4.90 Å². The van der Waals surface area contributed by atoms with E-state index in [-0.39, 0.29) is 4.90 Å². The molecule has 0 saturated carbocycles. The molecule has 0 aliphatic rings. The average molecular weight is 406 g/mol. The zero-order chi connectivity index (χ0) is 20.5. The predicted molar refractivity (Wildman–Crippen MR) is 95.3 cm³/mol. The molecule has 9 nitrogen and oxygen atoms in total. The highest BCUT2D eigenvalue weighted by atomic mass is 32.2. The van der Waals surface area contributed by atoms with Gasteiger partial charge >= 0.3 is 0 Å². The summed E-state index contributed by atoms with van der Waals surface area (Å²) in [5.41, 5.74) is -1.21. The molecule has 0 atom stereocenters. The van der Waals surface area contributed by atoms with Crippen molar-refractivity contribution in [3.8, 4) is 5.88 Å². The number of sulfone groups is 1. The van der Waals surface area contributed by atoms with Gasteiger partial charge in [-0.25, -0.2) is 8.42 Å². The van der Waals surface area contributed by atoms with Crippen LogP contribution in [0.5, 0.6) is 5.88 Å². The summed E-state index contributed by atoms with van der Waals surface area (Å²) in [6, 6.07) is 7.70. The molecule has 3 rings (SSSR count). The molecule has 1 N–H and O–H groups in total. The Labute approximate surface area is 158 Å². The van der Waals surface area contributed by atoms with Gasteiger partial charge in [-0.3, -0.25) is 9.36 Å². The summed E-state index contributed by atoms with van der Waals surface area (Å²) in [6.45, 7) is 3.16. The predicted octanol–water partition coefficient (Wildman–Crippen LogP) is 3.51. The average Bonchev–Trinajstić information content (AvgIpc) is 3.06.